The molecular formula is C24H30N2O3. The van der Waals surface area contributed by atoms with Gasteiger partial charge in [-0.3, -0.25) is 9.59 Å². The van der Waals surface area contributed by atoms with E-state index >= 15 is 0 Å². The van der Waals surface area contributed by atoms with Crippen LogP contribution in [0.3, 0.4) is 0 Å². The Labute approximate surface area is 173 Å². The molecule has 5 heteroatoms. The van der Waals surface area contributed by atoms with Crippen LogP contribution in [0.15, 0.2) is 54.6 Å². The summed E-state index contributed by atoms with van der Waals surface area (Å²) in [6.07, 6.45) is 4.33. The third kappa shape index (κ3) is 6.08. The number of benzene rings is 2. The topological polar surface area (TPSA) is 58.6 Å². The molecule has 1 N–H and O–H groups in total. The van der Waals surface area contributed by atoms with Gasteiger partial charge in [0.15, 0.2) is 6.61 Å². The van der Waals surface area contributed by atoms with Crippen molar-refractivity contribution in [3.05, 3.63) is 65.7 Å². The van der Waals surface area contributed by atoms with Crippen molar-refractivity contribution in [3.8, 4) is 5.75 Å². The van der Waals surface area contributed by atoms with Gasteiger partial charge in [0.25, 0.3) is 5.91 Å². The fourth-order valence-corrected chi connectivity index (χ4v) is 3.62. The Hall–Kier alpha value is -2.82. The third-order valence-corrected chi connectivity index (χ3v) is 5.45. The van der Waals surface area contributed by atoms with Crippen molar-refractivity contribution in [2.75, 3.05) is 6.61 Å². The minimum Gasteiger partial charge on any atom is -0.484 e. The number of hydrogen-bond acceptors (Lipinski definition) is 3. The van der Waals surface area contributed by atoms with Crippen molar-refractivity contribution in [2.24, 2.45) is 0 Å². The average Bonchev–Trinajstić information content (AvgIpc) is 3.24. The molecule has 1 saturated carbocycles. The Bertz CT molecular complexity index is 799. The molecule has 2 aromatic rings. The van der Waals surface area contributed by atoms with Crippen LogP contribution in [0.2, 0.25) is 0 Å². The van der Waals surface area contributed by atoms with Gasteiger partial charge in [-0.05, 0) is 44.4 Å². The highest BCUT2D eigenvalue weighted by Gasteiger charge is 2.28. The number of rotatable bonds is 8. The predicted molar refractivity (Wildman–Crippen MR) is 114 cm³/mol. The number of carbonyl (C=O) groups excluding carboxylic acids is 2. The molecular weight excluding hydrogens is 364 g/mol. The lowest BCUT2D eigenvalue weighted by Gasteiger charge is -2.29. The summed E-state index contributed by atoms with van der Waals surface area (Å²) in [6.45, 7) is 4.06. The molecule has 1 aliphatic carbocycles. The predicted octanol–water partition coefficient (Wildman–Crippen LogP) is 3.85. The lowest BCUT2D eigenvalue weighted by atomic mass is 10.1. The monoisotopic (exact) mass is 394 g/mol. The molecule has 154 valence electrons. The van der Waals surface area contributed by atoms with E-state index in [4.69, 9.17) is 4.74 Å². The maximum Gasteiger partial charge on any atom is 0.261 e. The first kappa shape index (κ1) is 20.9. The first-order chi connectivity index (χ1) is 14.0. The molecule has 0 saturated heterocycles. The van der Waals surface area contributed by atoms with Gasteiger partial charge in [0, 0.05) is 12.6 Å². The Balaban J connectivity index is 1.67. The zero-order valence-electron chi connectivity index (χ0n) is 17.3. The summed E-state index contributed by atoms with van der Waals surface area (Å²) in [5, 5.41) is 3.11. The molecule has 1 atom stereocenters. The van der Waals surface area contributed by atoms with Crippen molar-refractivity contribution < 1.29 is 14.3 Å². The largest absolute Gasteiger partial charge is 0.484 e. The second-order valence-electron chi connectivity index (χ2n) is 7.77. The number of carbonyl (C=O) groups is 2. The molecule has 0 radical (unpaired) electrons. The van der Waals surface area contributed by atoms with Gasteiger partial charge in [-0.15, -0.1) is 0 Å². The van der Waals surface area contributed by atoms with E-state index in [0.29, 0.717) is 12.3 Å². The van der Waals surface area contributed by atoms with E-state index in [2.05, 4.69) is 5.32 Å². The summed E-state index contributed by atoms with van der Waals surface area (Å²) in [5.41, 5.74) is 2.11. The van der Waals surface area contributed by atoms with Gasteiger partial charge >= 0.3 is 0 Å². The molecule has 0 aliphatic heterocycles. The number of nitrogens with zero attached hydrogens (tertiary/aromatic N) is 1. The Kier molecular flexibility index (Phi) is 7.28. The van der Waals surface area contributed by atoms with E-state index in [0.717, 1.165) is 36.8 Å². The van der Waals surface area contributed by atoms with Crippen LogP contribution >= 0.6 is 0 Å². The van der Waals surface area contributed by atoms with Crippen molar-refractivity contribution in [3.63, 3.8) is 0 Å². The number of nitrogens with one attached hydrogen (secondary N) is 1. The van der Waals surface area contributed by atoms with Gasteiger partial charge in [-0.1, -0.05) is 60.9 Å². The molecule has 0 bridgehead atoms. The molecule has 0 aromatic heterocycles. The third-order valence-electron chi connectivity index (χ3n) is 5.45. The van der Waals surface area contributed by atoms with Crippen LogP contribution in [0.1, 0.15) is 43.7 Å². The van der Waals surface area contributed by atoms with Gasteiger partial charge in [0.1, 0.15) is 11.8 Å². The minimum atomic E-state index is -0.565. The van der Waals surface area contributed by atoms with Gasteiger partial charge < -0.3 is 15.0 Å². The van der Waals surface area contributed by atoms with Crippen LogP contribution in [-0.4, -0.2) is 35.4 Å². The van der Waals surface area contributed by atoms with Crippen LogP contribution in [-0.2, 0) is 16.1 Å². The molecule has 3 rings (SSSR count). The summed E-state index contributed by atoms with van der Waals surface area (Å²) >= 11 is 0. The maximum atomic E-state index is 13.0. The van der Waals surface area contributed by atoms with Crippen molar-refractivity contribution in [1.29, 1.82) is 0 Å². The molecule has 2 aromatic carbocycles. The molecule has 0 spiro atoms. The second-order valence-corrected chi connectivity index (χ2v) is 7.77. The zero-order chi connectivity index (χ0) is 20.6. The van der Waals surface area contributed by atoms with Gasteiger partial charge in [0.05, 0.1) is 0 Å². The lowest BCUT2D eigenvalue weighted by molar-refractivity contribution is -0.142. The van der Waals surface area contributed by atoms with Crippen molar-refractivity contribution >= 4 is 11.8 Å². The molecule has 5 nitrogen and oxygen atoms in total. The zero-order valence-corrected chi connectivity index (χ0v) is 17.3. The summed E-state index contributed by atoms with van der Waals surface area (Å²) in [7, 11) is 0. The van der Waals surface area contributed by atoms with Crippen LogP contribution in [0.5, 0.6) is 5.75 Å². The molecule has 1 aliphatic rings. The van der Waals surface area contributed by atoms with Crippen LogP contribution < -0.4 is 10.1 Å². The van der Waals surface area contributed by atoms with E-state index in [1.165, 1.54) is 0 Å². The fourth-order valence-electron chi connectivity index (χ4n) is 3.62. The van der Waals surface area contributed by atoms with E-state index in [-0.39, 0.29) is 24.5 Å². The first-order valence-corrected chi connectivity index (χ1v) is 10.4. The van der Waals surface area contributed by atoms with Crippen molar-refractivity contribution in [2.45, 2.75) is 58.2 Å². The molecule has 0 heterocycles. The van der Waals surface area contributed by atoms with E-state index in [1.807, 2.05) is 61.5 Å². The summed E-state index contributed by atoms with van der Waals surface area (Å²) in [4.78, 5) is 27.4. The van der Waals surface area contributed by atoms with Crippen molar-refractivity contribution in [1.82, 2.24) is 10.2 Å². The highest BCUT2D eigenvalue weighted by Crippen LogP contribution is 2.19. The van der Waals surface area contributed by atoms with Crippen LogP contribution in [0.4, 0.5) is 0 Å². The fraction of sp³-hybridized carbons (Fsp3) is 0.417. The molecule has 1 fully saturated rings. The highest BCUT2D eigenvalue weighted by atomic mass is 16.5. The normalized spacial score (nSPS) is 15.0. The second kappa shape index (κ2) is 10.1. The maximum absolute atomic E-state index is 13.0. The minimum absolute atomic E-state index is 0.100. The number of hydrogen-bond donors (Lipinski definition) is 1. The van der Waals surface area contributed by atoms with Gasteiger partial charge in [-0.25, -0.2) is 0 Å². The summed E-state index contributed by atoms with van der Waals surface area (Å²) in [5.74, 6) is 0.340. The quantitative estimate of drug-likeness (QED) is 0.740. The van der Waals surface area contributed by atoms with Crippen LogP contribution in [0, 0.1) is 6.92 Å². The molecule has 0 unspecified atom stereocenters. The van der Waals surface area contributed by atoms with Gasteiger partial charge in [-0.2, -0.15) is 0 Å². The van der Waals surface area contributed by atoms with Gasteiger partial charge in [0.2, 0.25) is 5.91 Å². The highest BCUT2D eigenvalue weighted by molar-refractivity contribution is 5.88. The van der Waals surface area contributed by atoms with E-state index in [9.17, 15) is 9.59 Å². The molecule has 2 amide bonds. The smallest absolute Gasteiger partial charge is 0.261 e. The summed E-state index contributed by atoms with van der Waals surface area (Å²) in [6, 6.07) is 17.0. The Morgan fingerprint density at radius 2 is 1.72 bits per heavy atom. The summed E-state index contributed by atoms with van der Waals surface area (Å²) < 4.78 is 5.68. The van der Waals surface area contributed by atoms with Crippen LogP contribution in [0.25, 0.3) is 0 Å². The lowest BCUT2D eigenvalue weighted by Crippen LogP contribution is -2.50. The Morgan fingerprint density at radius 3 is 2.38 bits per heavy atom. The number of amides is 2. The standard InChI is InChI=1S/C24H30N2O3/c1-18-12-14-22(15-13-18)29-17-23(27)26(16-20-8-4-3-5-9-20)19(2)24(28)25-21-10-6-7-11-21/h3-5,8-9,12-15,19,21H,6-7,10-11,16-17H2,1-2H3,(H,25,28)/t19-/m0/s1. The Morgan fingerprint density at radius 1 is 1.07 bits per heavy atom. The number of ether oxygens (including phenoxy) is 1. The number of aryl methyl sites for hydroxylation is 1. The molecule has 29 heavy (non-hydrogen) atoms. The SMILES string of the molecule is Cc1ccc(OCC(=O)N(Cc2ccccc2)[C@@H](C)C(=O)NC2CCCC2)cc1. The van der Waals surface area contributed by atoms with E-state index in [1.54, 1.807) is 11.8 Å². The average molecular weight is 395 g/mol. The first-order valence-electron chi connectivity index (χ1n) is 10.4. The van der Waals surface area contributed by atoms with E-state index < -0.39 is 6.04 Å².